The molecule has 22 heavy (non-hydrogen) atoms. The SMILES string of the molecule is CC(C)COc1ncc(CN=C(N)N2CCCCC2)cc1Cl. The first-order valence-corrected chi connectivity index (χ1v) is 8.26. The lowest BCUT2D eigenvalue weighted by Gasteiger charge is -2.27. The van der Waals surface area contributed by atoms with E-state index in [2.05, 4.69) is 28.7 Å². The van der Waals surface area contributed by atoms with E-state index in [1.807, 2.05) is 6.07 Å². The quantitative estimate of drug-likeness (QED) is 0.668. The van der Waals surface area contributed by atoms with E-state index >= 15 is 0 Å². The third-order valence-corrected chi connectivity index (χ3v) is 3.79. The van der Waals surface area contributed by atoms with Crippen LogP contribution in [0.15, 0.2) is 17.3 Å². The number of likely N-dealkylation sites (tertiary alicyclic amines) is 1. The van der Waals surface area contributed by atoms with Gasteiger partial charge in [0, 0.05) is 19.3 Å². The molecule has 0 saturated carbocycles. The largest absolute Gasteiger partial charge is 0.476 e. The number of rotatable bonds is 5. The van der Waals surface area contributed by atoms with Crippen molar-refractivity contribution in [3.63, 3.8) is 0 Å². The maximum atomic E-state index is 6.20. The van der Waals surface area contributed by atoms with E-state index < -0.39 is 0 Å². The minimum atomic E-state index is 0.437. The Bertz CT molecular complexity index is 513. The van der Waals surface area contributed by atoms with Gasteiger partial charge in [-0.1, -0.05) is 25.4 Å². The van der Waals surface area contributed by atoms with Gasteiger partial charge in [-0.3, -0.25) is 0 Å². The molecule has 1 aliphatic heterocycles. The molecule has 1 aliphatic rings. The number of pyridine rings is 1. The molecule has 1 fully saturated rings. The molecule has 0 aromatic carbocycles. The summed E-state index contributed by atoms with van der Waals surface area (Å²) in [7, 11) is 0. The summed E-state index contributed by atoms with van der Waals surface area (Å²) in [5.41, 5.74) is 6.98. The molecule has 6 heteroatoms. The van der Waals surface area contributed by atoms with Gasteiger partial charge in [0.25, 0.3) is 0 Å². The minimum Gasteiger partial charge on any atom is -0.476 e. The molecule has 1 aromatic rings. The van der Waals surface area contributed by atoms with Gasteiger partial charge in [0.05, 0.1) is 13.2 Å². The molecule has 2 heterocycles. The van der Waals surface area contributed by atoms with Gasteiger partial charge in [-0.2, -0.15) is 0 Å². The Morgan fingerprint density at radius 2 is 2.14 bits per heavy atom. The van der Waals surface area contributed by atoms with Crippen LogP contribution < -0.4 is 10.5 Å². The summed E-state index contributed by atoms with van der Waals surface area (Å²) < 4.78 is 5.56. The smallest absolute Gasteiger partial charge is 0.232 e. The zero-order valence-corrected chi connectivity index (χ0v) is 14.1. The van der Waals surface area contributed by atoms with Gasteiger partial charge < -0.3 is 15.4 Å². The van der Waals surface area contributed by atoms with Gasteiger partial charge in [-0.15, -0.1) is 0 Å². The molecule has 122 valence electrons. The summed E-state index contributed by atoms with van der Waals surface area (Å²) in [4.78, 5) is 10.8. The summed E-state index contributed by atoms with van der Waals surface area (Å²) >= 11 is 6.20. The Morgan fingerprint density at radius 3 is 2.77 bits per heavy atom. The predicted molar refractivity (Wildman–Crippen MR) is 90.3 cm³/mol. The number of nitrogens with zero attached hydrogens (tertiary/aromatic N) is 3. The number of ether oxygens (including phenoxy) is 1. The lowest BCUT2D eigenvalue weighted by Crippen LogP contribution is -2.40. The highest BCUT2D eigenvalue weighted by Gasteiger charge is 2.12. The maximum absolute atomic E-state index is 6.20. The Balaban J connectivity index is 1.93. The maximum Gasteiger partial charge on any atom is 0.232 e. The molecule has 5 nitrogen and oxygen atoms in total. The molecule has 0 amide bonds. The Labute approximate surface area is 137 Å². The van der Waals surface area contributed by atoms with Crippen molar-refractivity contribution < 1.29 is 4.74 Å². The molecule has 0 radical (unpaired) electrons. The van der Waals surface area contributed by atoms with E-state index in [1.165, 1.54) is 19.3 Å². The zero-order valence-electron chi connectivity index (χ0n) is 13.4. The monoisotopic (exact) mass is 324 g/mol. The zero-order chi connectivity index (χ0) is 15.9. The normalized spacial score (nSPS) is 16.2. The number of piperidine rings is 1. The lowest BCUT2D eigenvalue weighted by atomic mass is 10.1. The molecular formula is C16H25ClN4O. The van der Waals surface area contributed by atoms with E-state index in [4.69, 9.17) is 22.1 Å². The van der Waals surface area contributed by atoms with Crippen molar-refractivity contribution in [2.45, 2.75) is 39.7 Å². The second-order valence-corrected chi connectivity index (χ2v) is 6.46. The van der Waals surface area contributed by atoms with Crippen molar-refractivity contribution in [3.8, 4) is 5.88 Å². The number of hydrogen-bond acceptors (Lipinski definition) is 3. The van der Waals surface area contributed by atoms with Crippen LogP contribution in [0, 0.1) is 5.92 Å². The molecule has 0 atom stereocenters. The van der Waals surface area contributed by atoms with E-state index in [1.54, 1.807) is 6.20 Å². The number of hydrogen-bond donors (Lipinski definition) is 1. The first-order valence-electron chi connectivity index (χ1n) is 7.88. The van der Waals surface area contributed by atoms with E-state index in [9.17, 15) is 0 Å². The van der Waals surface area contributed by atoms with Crippen molar-refractivity contribution in [3.05, 3.63) is 22.8 Å². The molecule has 0 bridgehead atoms. The summed E-state index contributed by atoms with van der Waals surface area (Å²) in [6, 6.07) is 1.84. The first kappa shape index (κ1) is 16.9. The van der Waals surface area contributed by atoms with Crippen molar-refractivity contribution in [2.24, 2.45) is 16.6 Å². The average Bonchev–Trinajstić information content (AvgIpc) is 2.52. The highest BCUT2D eigenvalue weighted by atomic mass is 35.5. The molecular weight excluding hydrogens is 300 g/mol. The standard InChI is InChI=1S/C16H25ClN4O/c1-12(2)11-22-15-14(17)8-13(9-19-15)10-20-16(18)21-6-4-3-5-7-21/h8-9,12H,3-7,10-11H2,1-2H3,(H2,18,20). The van der Waals surface area contributed by atoms with Crippen LogP contribution in [0.25, 0.3) is 0 Å². The van der Waals surface area contributed by atoms with Gasteiger partial charge >= 0.3 is 0 Å². The fraction of sp³-hybridized carbons (Fsp3) is 0.625. The molecule has 2 rings (SSSR count). The topological polar surface area (TPSA) is 63.7 Å². The Kier molecular flexibility index (Phi) is 6.31. The summed E-state index contributed by atoms with van der Waals surface area (Å²) in [6.07, 6.45) is 5.40. The van der Waals surface area contributed by atoms with Crippen LogP contribution in [-0.2, 0) is 6.54 Å². The van der Waals surface area contributed by atoms with E-state index in [0.29, 0.717) is 35.9 Å². The second kappa shape index (κ2) is 8.22. The number of halogens is 1. The highest BCUT2D eigenvalue weighted by Crippen LogP contribution is 2.23. The van der Waals surface area contributed by atoms with Crippen LogP contribution in [0.5, 0.6) is 5.88 Å². The van der Waals surface area contributed by atoms with Crippen molar-refractivity contribution in [2.75, 3.05) is 19.7 Å². The van der Waals surface area contributed by atoms with Crippen LogP contribution in [0.2, 0.25) is 5.02 Å². The number of aromatic nitrogens is 1. The van der Waals surface area contributed by atoms with Gasteiger partial charge in [0.2, 0.25) is 5.88 Å². The van der Waals surface area contributed by atoms with Crippen molar-refractivity contribution >= 4 is 17.6 Å². The highest BCUT2D eigenvalue weighted by molar-refractivity contribution is 6.31. The molecule has 2 N–H and O–H groups in total. The third-order valence-electron chi connectivity index (χ3n) is 3.52. The van der Waals surface area contributed by atoms with Crippen molar-refractivity contribution in [1.29, 1.82) is 0 Å². The van der Waals surface area contributed by atoms with Gasteiger partial charge in [-0.25, -0.2) is 9.98 Å². The van der Waals surface area contributed by atoms with Gasteiger partial charge in [0.1, 0.15) is 5.02 Å². The van der Waals surface area contributed by atoms with Gasteiger partial charge in [0.15, 0.2) is 5.96 Å². The first-order chi connectivity index (χ1) is 10.6. The minimum absolute atomic E-state index is 0.437. The molecule has 1 aromatic heterocycles. The Morgan fingerprint density at radius 1 is 1.41 bits per heavy atom. The Hall–Kier alpha value is -1.49. The molecule has 0 unspecified atom stereocenters. The fourth-order valence-electron chi connectivity index (χ4n) is 2.30. The molecule has 0 aliphatic carbocycles. The number of guanidine groups is 1. The number of nitrogens with two attached hydrogens (primary N) is 1. The predicted octanol–water partition coefficient (Wildman–Crippen LogP) is 3.07. The summed E-state index contributed by atoms with van der Waals surface area (Å²) in [6.45, 7) is 7.25. The fourth-order valence-corrected chi connectivity index (χ4v) is 2.54. The summed E-state index contributed by atoms with van der Waals surface area (Å²) in [5, 5.41) is 0.518. The third kappa shape index (κ3) is 5.05. The van der Waals surface area contributed by atoms with Crippen molar-refractivity contribution in [1.82, 2.24) is 9.88 Å². The molecule has 0 spiro atoms. The summed E-state index contributed by atoms with van der Waals surface area (Å²) in [5.74, 6) is 1.52. The number of aliphatic imine (C=N–C) groups is 1. The van der Waals surface area contributed by atoms with Crippen LogP contribution in [0.3, 0.4) is 0 Å². The van der Waals surface area contributed by atoms with Crippen LogP contribution >= 0.6 is 11.6 Å². The van der Waals surface area contributed by atoms with Crippen LogP contribution in [-0.4, -0.2) is 35.5 Å². The average molecular weight is 325 g/mol. The van der Waals surface area contributed by atoms with Crippen LogP contribution in [0.4, 0.5) is 0 Å². The van der Waals surface area contributed by atoms with E-state index in [-0.39, 0.29) is 0 Å². The molecule has 1 saturated heterocycles. The second-order valence-electron chi connectivity index (χ2n) is 6.06. The lowest BCUT2D eigenvalue weighted by molar-refractivity contribution is 0.261. The van der Waals surface area contributed by atoms with Crippen LogP contribution in [0.1, 0.15) is 38.7 Å². The van der Waals surface area contributed by atoms with Gasteiger partial charge in [-0.05, 0) is 36.8 Å². The van der Waals surface area contributed by atoms with E-state index in [0.717, 1.165) is 18.7 Å².